The maximum atomic E-state index is 12.8. The molecule has 3 atom stereocenters. The third-order valence-corrected chi connectivity index (χ3v) is 5.96. The van der Waals surface area contributed by atoms with E-state index in [2.05, 4.69) is 16.4 Å². The summed E-state index contributed by atoms with van der Waals surface area (Å²) >= 11 is 5.84. The van der Waals surface area contributed by atoms with Gasteiger partial charge in [0.25, 0.3) is 0 Å². The molecule has 3 unspecified atom stereocenters. The lowest BCUT2D eigenvalue weighted by molar-refractivity contribution is -0.127. The minimum Gasteiger partial charge on any atom is -0.343 e. The summed E-state index contributed by atoms with van der Waals surface area (Å²) in [5, 5.41) is 12.6. The fraction of sp³-hybridized carbons (Fsp3) is 0.619. The van der Waals surface area contributed by atoms with Gasteiger partial charge in [-0.2, -0.15) is 5.26 Å². The molecule has 0 aliphatic heterocycles. The van der Waals surface area contributed by atoms with Crippen LogP contribution in [0.5, 0.6) is 0 Å². The number of nitrogens with zero attached hydrogens (tertiary/aromatic N) is 1. The molecule has 0 bridgehead atoms. The SMILES string of the molecule is N#CC(CC1CCCCC1=O)NC(=O)C(CC(=O)c1ccc(Cl)[nH]1)CC1CC1. The summed E-state index contributed by atoms with van der Waals surface area (Å²) in [6, 6.07) is 4.65. The molecule has 1 aromatic heterocycles. The molecule has 150 valence electrons. The van der Waals surface area contributed by atoms with Gasteiger partial charge in [-0.15, -0.1) is 0 Å². The van der Waals surface area contributed by atoms with E-state index in [1.165, 1.54) is 0 Å². The number of Topliss-reactive ketones (excluding diaryl/α,β-unsaturated/α-hetero) is 2. The van der Waals surface area contributed by atoms with Crippen molar-refractivity contribution in [1.82, 2.24) is 10.3 Å². The molecule has 1 heterocycles. The highest BCUT2D eigenvalue weighted by Crippen LogP contribution is 2.36. The van der Waals surface area contributed by atoms with Crippen molar-refractivity contribution in [3.05, 3.63) is 23.0 Å². The molecule has 0 spiro atoms. The van der Waals surface area contributed by atoms with E-state index in [0.717, 1.165) is 32.1 Å². The van der Waals surface area contributed by atoms with Crippen LogP contribution >= 0.6 is 11.6 Å². The molecule has 0 radical (unpaired) electrons. The van der Waals surface area contributed by atoms with E-state index in [-0.39, 0.29) is 29.8 Å². The quantitative estimate of drug-likeness (QED) is 0.611. The Balaban J connectivity index is 1.60. The van der Waals surface area contributed by atoms with Crippen molar-refractivity contribution < 1.29 is 14.4 Å². The summed E-state index contributed by atoms with van der Waals surface area (Å²) in [6.45, 7) is 0. The highest BCUT2D eigenvalue weighted by atomic mass is 35.5. The second-order valence-electron chi connectivity index (χ2n) is 8.06. The van der Waals surface area contributed by atoms with Crippen molar-refractivity contribution in [3.8, 4) is 6.07 Å². The molecule has 3 rings (SSSR count). The molecule has 2 N–H and O–H groups in total. The molecule has 7 heteroatoms. The molecule has 0 aromatic carbocycles. The van der Waals surface area contributed by atoms with Crippen molar-refractivity contribution in [3.63, 3.8) is 0 Å². The number of aromatic nitrogens is 1. The first-order valence-electron chi connectivity index (χ1n) is 10.1. The zero-order valence-corrected chi connectivity index (χ0v) is 16.6. The third-order valence-electron chi connectivity index (χ3n) is 5.74. The van der Waals surface area contributed by atoms with Gasteiger partial charge in [-0.1, -0.05) is 30.9 Å². The van der Waals surface area contributed by atoms with Gasteiger partial charge >= 0.3 is 0 Å². The van der Waals surface area contributed by atoms with Crippen LogP contribution < -0.4 is 5.32 Å². The average molecular weight is 404 g/mol. The van der Waals surface area contributed by atoms with Gasteiger partial charge in [-0.25, -0.2) is 0 Å². The highest BCUT2D eigenvalue weighted by Gasteiger charge is 2.33. The Morgan fingerprint density at radius 3 is 2.64 bits per heavy atom. The predicted octanol–water partition coefficient (Wildman–Crippen LogP) is 3.81. The van der Waals surface area contributed by atoms with Crippen molar-refractivity contribution in [2.24, 2.45) is 17.8 Å². The molecule has 2 aliphatic rings. The highest BCUT2D eigenvalue weighted by molar-refractivity contribution is 6.29. The monoisotopic (exact) mass is 403 g/mol. The number of carbonyl (C=O) groups excluding carboxylic acids is 3. The Morgan fingerprint density at radius 2 is 2.04 bits per heavy atom. The van der Waals surface area contributed by atoms with Gasteiger partial charge in [0.05, 0.1) is 11.8 Å². The first-order valence-corrected chi connectivity index (χ1v) is 10.4. The number of halogens is 1. The minimum atomic E-state index is -0.698. The molecule has 2 aliphatic carbocycles. The van der Waals surface area contributed by atoms with Crippen molar-refractivity contribution in [2.75, 3.05) is 0 Å². The van der Waals surface area contributed by atoms with Crippen LogP contribution in [0.15, 0.2) is 12.1 Å². The van der Waals surface area contributed by atoms with E-state index in [9.17, 15) is 19.6 Å². The maximum absolute atomic E-state index is 12.8. The smallest absolute Gasteiger partial charge is 0.224 e. The van der Waals surface area contributed by atoms with Crippen LogP contribution in [0, 0.1) is 29.1 Å². The van der Waals surface area contributed by atoms with E-state index in [0.29, 0.717) is 36.0 Å². The summed E-state index contributed by atoms with van der Waals surface area (Å²) in [4.78, 5) is 40.2. The Morgan fingerprint density at radius 1 is 1.25 bits per heavy atom. The van der Waals surface area contributed by atoms with Crippen LogP contribution in [-0.2, 0) is 9.59 Å². The first kappa shape index (κ1) is 20.6. The Bertz CT molecular complexity index is 778. The molecule has 2 saturated carbocycles. The van der Waals surface area contributed by atoms with Gasteiger partial charge in [0.2, 0.25) is 5.91 Å². The minimum absolute atomic E-state index is 0.0830. The van der Waals surface area contributed by atoms with E-state index < -0.39 is 12.0 Å². The number of aromatic amines is 1. The largest absolute Gasteiger partial charge is 0.343 e. The van der Waals surface area contributed by atoms with Crippen LogP contribution in [0.3, 0.4) is 0 Å². The Labute approximate surface area is 170 Å². The fourth-order valence-electron chi connectivity index (χ4n) is 3.93. The van der Waals surface area contributed by atoms with Crippen LogP contribution in [0.2, 0.25) is 5.15 Å². The first-order chi connectivity index (χ1) is 13.5. The maximum Gasteiger partial charge on any atom is 0.224 e. The molecule has 28 heavy (non-hydrogen) atoms. The molecular formula is C21H26ClN3O3. The fourth-order valence-corrected chi connectivity index (χ4v) is 4.09. The lowest BCUT2D eigenvalue weighted by Gasteiger charge is -2.24. The third kappa shape index (κ3) is 5.68. The summed E-state index contributed by atoms with van der Waals surface area (Å²) in [7, 11) is 0. The summed E-state index contributed by atoms with van der Waals surface area (Å²) < 4.78 is 0. The van der Waals surface area contributed by atoms with Crippen molar-refractivity contribution in [2.45, 2.75) is 63.8 Å². The van der Waals surface area contributed by atoms with Gasteiger partial charge in [0.1, 0.15) is 17.0 Å². The van der Waals surface area contributed by atoms with Gasteiger partial charge in [-0.3, -0.25) is 14.4 Å². The lowest BCUT2D eigenvalue weighted by Crippen LogP contribution is -2.41. The predicted molar refractivity (Wildman–Crippen MR) is 105 cm³/mol. The Kier molecular flexibility index (Phi) is 6.90. The summed E-state index contributed by atoms with van der Waals surface area (Å²) in [6.07, 6.45) is 6.48. The topological polar surface area (TPSA) is 103 Å². The number of hydrogen-bond donors (Lipinski definition) is 2. The number of rotatable bonds is 9. The molecular weight excluding hydrogens is 378 g/mol. The summed E-state index contributed by atoms with van der Waals surface area (Å²) in [5.41, 5.74) is 0.392. The second-order valence-corrected chi connectivity index (χ2v) is 8.47. The number of hydrogen-bond acceptors (Lipinski definition) is 4. The van der Waals surface area contributed by atoms with Gasteiger partial charge in [0.15, 0.2) is 5.78 Å². The van der Waals surface area contributed by atoms with Crippen molar-refractivity contribution in [1.29, 1.82) is 5.26 Å². The zero-order chi connectivity index (χ0) is 20.1. The van der Waals surface area contributed by atoms with E-state index in [4.69, 9.17) is 11.6 Å². The second kappa shape index (κ2) is 9.38. The van der Waals surface area contributed by atoms with Crippen LogP contribution in [-0.4, -0.2) is 28.5 Å². The van der Waals surface area contributed by atoms with E-state index >= 15 is 0 Å². The average Bonchev–Trinajstić information content (AvgIpc) is 3.39. The molecule has 2 fully saturated rings. The van der Waals surface area contributed by atoms with Crippen LogP contribution in [0.1, 0.15) is 68.3 Å². The number of ketones is 2. The van der Waals surface area contributed by atoms with Gasteiger partial charge < -0.3 is 10.3 Å². The number of carbonyl (C=O) groups is 3. The summed E-state index contributed by atoms with van der Waals surface area (Å²) in [5.74, 6) is -0.398. The van der Waals surface area contributed by atoms with Crippen molar-refractivity contribution >= 4 is 29.1 Å². The molecule has 1 aromatic rings. The number of nitrogens with one attached hydrogen (secondary N) is 2. The molecule has 0 saturated heterocycles. The number of amides is 1. The van der Waals surface area contributed by atoms with Crippen LogP contribution in [0.25, 0.3) is 0 Å². The van der Waals surface area contributed by atoms with Gasteiger partial charge in [0, 0.05) is 24.7 Å². The Hall–Kier alpha value is -2.13. The lowest BCUT2D eigenvalue weighted by atomic mass is 9.83. The van der Waals surface area contributed by atoms with Crippen LogP contribution in [0.4, 0.5) is 0 Å². The zero-order valence-electron chi connectivity index (χ0n) is 15.9. The van der Waals surface area contributed by atoms with E-state index in [1.807, 2.05) is 0 Å². The molecule has 1 amide bonds. The van der Waals surface area contributed by atoms with Gasteiger partial charge in [-0.05, 0) is 43.7 Å². The molecule has 6 nitrogen and oxygen atoms in total. The standard InChI is InChI=1S/C21H26ClN3O3/c22-20-8-7-17(25-20)19(27)11-15(9-13-5-6-13)21(28)24-16(12-23)10-14-3-1-2-4-18(14)26/h7-8,13-16,25H,1-6,9-11H2,(H,24,28). The normalized spacial score (nSPS) is 21.6. The van der Waals surface area contributed by atoms with E-state index in [1.54, 1.807) is 12.1 Å². The number of H-pyrrole nitrogens is 1. The number of nitriles is 1.